The van der Waals surface area contributed by atoms with Crippen LogP contribution < -0.4 is 4.74 Å². The molecule has 1 fully saturated rings. The summed E-state index contributed by atoms with van der Waals surface area (Å²) in [7, 11) is 0. The summed E-state index contributed by atoms with van der Waals surface area (Å²) in [4.78, 5) is 9.10. The molecule has 3 heterocycles. The minimum absolute atomic E-state index is 0.332. The molecule has 0 N–H and O–H groups in total. The number of ether oxygens (including phenoxy) is 1. The third-order valence-electron chi connectivity index (χ3n) is 6.24. The van der Waals surface area contributed by atoms with Crippen LogP contribution in [0.5, 0.6) is 5.75 Å². The van der Waals surface area contributed by atoms with Crippen LogP contribution in [0.15, 0.2) is 51.7 Å². The van der Waals surface area contributed by atoms with Crippen molar-refractivity contribution in [2.45, 2.75) is 59.1 Å². The standard InChI is InChI=1S/C27H28BrFN4O2/c1-4-24-26(10-20(28)13-30-24)34-16(2)23-11-21(29)7-8-22(23)27-25(32-17(3)35-27)9-19-12-31-33(15-19)14-18-5-6-18/h7-8,10-13,15-16,18H,4-6,9,14H2,1-3H3. The summed E-state index contributed by atoms with van der Waals surface area (Å²) < 4.78 is 29.6. The van der Waals surface area contributed by atoms with E-state index < -0.39 is 6.10 Å². The number of pyridine rings is 1. The lowest BCUT2D eigenvalue weighted by Crippen LogP contribution is -2.08. The molecule has 35 heavy (non-hydrogen) atoms. The largest absolute Gasteiger partial charge is 0.484 e. The smallest absolute Gasteiger partial charge is 0.192 e. The van der Waals surface area contributed by atoms with Gasteiger partial charge in [-0.25, -0.2) is 9.37 Å². The van der Waals surface area contributed by atoms with Crippen molar-refractivity contribution < 1.29 is 13.5 Å². The monoisotopic (exact) mass is 538 g/mol. The van der Waals surface area contributed by atoms with Gasteiger partial charge < -0.3 is 9.15 Å². The predicted molar refractivity (Wildman–Crippen MR) is 135 cm³/mol. The minimum Gasteiger partial charge on any atom is -0.484 e. The van der Waals surface area contributed by atoms with Crippen LogP contribution in [-0.4, -0.2) is 19.7 Å². The van der Waals surface area contributed by atoms with E-state index in [9.17, 15) is 4.39 Å². The third kappa shape index (κ3) is 5.48. The van der Waals surface area contributed by atoms with Crippen LogP contribution in [-0.2, 0) is 19.4 Å². The predicted octanol–water partition coefficient (Wildman–Crippen LogP) is 6.85. The molecule has 0 bridgehead atoms. The van der Waals surface area contributed by atoms with Crippen molar-refractivity contribution in [2.24, 2.45) is 5.92 Å². The van der Waals surface area contributed by atoms with Gasteiger partial charge in [0.25, 0.3) is 0 Å². The molecule has 4 aromatic rings. The normalized spacial score (nSPS) is 14.3. The highest BCUT2D eigenvalue weighted by molar-refractivity contribution is 9.10. The van der Waals surface area contributed by atoms with E-state index in [1.807, 2.05) is 37.7 Å². The van der Waals surface area contributed by atoms with Crippen LogP contribution in [0.3, 0.4) is 0 Å². The van der Waals surface area contributed by atoms with Gasteiger partial charge in [-0.15, -0.1) is 0 Å². The fourth-order valence-corrected chi connectivity index (χ4v) is 4.61. The molecule has 1 aliphatic rings. The van der Waals surface area contributed by atoms with Gasteiger partial charge in [0.2, 0.25) is 0 Å². The van der Waals surface area contributed by atoms with E-state index >= 15 is 0 Å². The van der Waals surface area contributed by atoms with Crippen molar-refractivity contribution in [1.29, 1.82) is 0 Å². The molecule has 0 aliphatic heterocycles. The second-order valence-corrected chi connectivity index (χ2v) is 10.1. The van der Waals surface area contributed by atoms with Gasteiger partial charge in [-0.1, -0.05) is 6.92 Å². The first kappa shape index (κ1) is 23.7. The number of rotatable bonds is 9. The Bertz CT molecular complexity index is 1340. The lowest BCUT2D eigenvalue weighted by Gasteiger charge is -2.20. The SMILES string of the molecule is CCc1ncc(Br)cc1OC(C)c1cc(F)ccc1-c1oc(C)nc1Cc1cnn(CC2CC2)c1. The minimum atomic E-state index is -0.443. The Morgan fingerprint density at radius 3 is 2.83 bits per heavy atom. The molecular formula is C27H28BrFN4O2. The fourth-order valence-electron chi connectivity index (χ4n) is 4.30. The highest BCUT2D eigenvalue weighted by atomic mass is 79.9. The third-order valence-corrected chi connectivity index (χ3v) is 6.67. The summed E-state index contributed by atoms with van der Waals surface area (Å²) in [5.41, 5.74) is 4.17. The molecule has 3 aromatic heterocycles. The van der Waals surface area contributed by atoms with E-state index in [0.29, 0.717) is 29.4 Å². The average Bonchev–Trinajstić information content (AvgIpc) is 3.41. The van der Waals surface area contributed by atoms with Crippen LogP contribution in [0.1, 0.15) is 61.2 Å². The van der Waals surface area contributed by atoms with Gasteiger partial charge in [0.05, 0.1) is 17.6 Å². The molecule has 6 nitrogen and oxygen atoms in total. The summed E-state index contributed by atoms with van der Waals surface area (Å²) in [5.74, 6) is 2.28. The number of hydrogen-bond acceptors (Lipinski definition) is 5. The highest BCUT2D eigenvalue weighted by Crippen LogP contribution is 2.36. The average molecular weight is 539 g/mol. The van der Waals surface area contributed by atoms with E-state index in [1.165, 1.54) is 25.0 Å². The number of aromatic nitrogens is 4. The Balaban J connectivity index is 1.46. The molecule has 1 aromatic carbocycles. The molecule has 5 rings (SSSR count). The fraction of sp³-hybridized carbons (Fsp3) is 0.370. The molecule has 182 valence electrons. The summed E-state index contributed by atoms with van der Waals surface area (Å²) >= 11 is 3.46. The van der Waals surface area contributed by atoms with Gasteiger partial charge in [-0.05, 0) is 77.9 Å². The lowest BCUT2D eigenvalue weighted by atomic mass is 9.98. The molecule has 1 atom stereocenters. The van der Waals surface area contributed by atoms with Crippen molar-refractivity contribution in [1.82, 2.24) is 19.7 Å². The van der Waals surface area contributed by atoms with Gasteiger partial charge in [0, 0.05) is 47.9 Å². The van der Waals surface area contributed by atoms with Crippen LogP contribution in [0.25, 0.3) is 11.3 Å². The zero-order valence-electron chi connectivity index (χ0n) is 20.1. The maximum atomic E-state index is 14.4. The van der Waals surface area contributed by atoms with Crippen LogP contribution in [0.4, 0.5) is 4.39 Å². The van der Waals surface area contributed by atoms with E-state index in [2.05, 4.69) is 37.2 Å². The summed E-state index contributed by atoms with van der Waals surface area (Å²) in [6, 6.07) is 6.58. The number of aryl methyl sites for hydroxylation is 2. The number of oxazole rings is 1. The number of benzene rings is 1. The first-order chi connectivity index (χ1) is 16.9. The Morgan fingerprint density at radius 2 is 2.06 bits per heavy atom. The number of hydrogen-bond donors (Lipinski definition) is 0. The maximum Gasteiger partial charge on any atom is 0.192 e. The molecule has 1 saturated carbocycles. The number of halogens is 2. The first-order valence-corrected chi connectivity index (χ1v) is 12.8. The summed E-state index contributed by atoms with van der Waals surface area (Å²) in [6.07, 6.45) is 9.15. The Labute approximate surface area is 212 Å². The Morgan fingerprint density at radius 1 is 1.23 bits per heavy atom. The molecule has 1 aliphatic carbocycles. The highest BCUT2D eigenvalue weighted by Gasteiger charge is 2.24. The summed E-state index contributed by atoms with van der Waals surface area (Å²) in [5, 5.41) is 4.51. The van der Waals surface area contributed by atoms with Gasteiger partial charge >= 0.3 is 0 Å². The van der Waals surface area contributed by atoms with Crippen molar-refractivity contribution >= 4 is 15.9 Å². The van der Waals surface area contributed by atoms with E-state index in [-0.39, 0.29) is 5.82 Å². The van der Waals surface area contributed by atoms with Gasteiger partial charge in [0.1, 0.15) is 17.7 Å². The van der Waals surface area contributed by atoms with Crippen molar-refractivity contribution in [3.63, 3.8) is 0 Å². The van der Waals surface area contributed by atoms with Crippen LogP contribution >= 0.6 is 15.9 Å². The maximum absolute atomic E-state index is 14.4. The van der Waals surface area contributed by atoms with Crippen molar-refractivity contribution in [3.8, 4) is 17.1 Å². The Hall–Kier alpha value is -3.00. The molecule has 0 spiro atoms. The molecular weight excluding hydrogens is 511 g/mol. The molecule has 0 saturated heterocycles. The molecule has 8 heteroatoms. The van der Waals surface area contributed by atoms with Gasteiger partial charge in [0.15, 0.2) is 11.7 Å². The second-order valence-electron chi connectivity index (χ2n) is 9.14. The van der Waals surface area contributed by atoms with Gasteiger partial charge in [-0.3, -0.25) is 9.67 Å². The molecule has 1 unspecified atom stereocenters. The molecule has 0 amide bonds. The van der Waals surface area contributed by atoms with Crippen molar-refractivity contribution in [2.75, 3.05) is 0 Å². The quantitative estimate of drug-likeness (QED) is 0.233. The lowest BCUT2D eigenvalue weighted by molar-refractivity contribution is 0.223. The Kier molecular flexibility index (Phi) is 6.73. The van der Waals surface area contributed by atoms with E-state index in [4.69, 9.17) is 9.15 Å². The van der Waals surface area contributed by atoms with Crippen LogP contribution in [0, 0.1) is 18.7 Å². The zero-order valence-corrected chi connectivity index (χ0v) is 21.7. The summed E-state index contributed by atoms with van der Waals surface area (Å²) in [6.45, 7) is 6.72. The first-order valence-electron chi connectivity index (χ1n) is 12.0. The molecule has 0 radical (unpaired) electrons. The zero-order chi connectivity index (χ0) is 24.5. The second kappa shape index (κ2) is 9.93. The topological polar surface area (TPSA) is 66.0 Å². The van der Waals surface area contributed by atoms with Gasteiger partial charge in [-0.2, -0.15) is 5.10 Å². The van der Waals surface area contributed by atoms with E-state index in [0.717, 1.165) is 45.9 Å². The van der Waals surface area contributed by atoms with Crippen molar-refractivity contribution in [3.05, 3.63) is 81.6 Å². The van der Waals surface area contributed by atoms with Crippen LogP contribution in [0.2, 0.25) is 0 Å². The number of nitrogens with zero attached hydrogens (tertiary/aromatic N) is 4. The van der Waals surface area contributed by atoms with E-state index in [1.54, 1.807) is 12.3 Å².